The van der Waals surface area contributed by atoms with E-state index in [-0.39, 0.29) is 24.0 Å². The molecule has 3 fully saturated rings. The van der Waals surface area contributed by atoms with Gasteiger partial charge in [0.15, 0.2) is 11.5 Å². The summed E-state index contributed by atoms with van der Waals surface area (Å²) in [5, 5.41) is 14.8. The first kappa shape index (κ1) is 36.7. The average molecular weight is 771 g/mol. The Bertz CT molecular complexity index is 2480. The Labute approximate surface area is 336 Å². The van der Waals surface area contributed by atoms with Gasteiger partial charge >= 0.3 is 0 Å². The number of anilines is 4. The fourth-order valence-electron chi connectivity index (χ4n) is 9.64. The van der Waals surface area contributed by atoms with Crippen LogP contribution in [0.5, 0.6) is 11.5 Å². The van der Waals surface area contributed by atoms with Crippen LogP contribution in [0.2, 0.25) is 0 Å². The Hall–Kier alpha value is -6.94. The number of carbonyl (C=O) groups is 4. The lowest BCUT2D eigenvalue weighted by molar-refractivity contribution is -0.139. The van der Waals surface area contributed by atoms with Crippen LogP contribution >= 0.6 is 0 Å². The molecule has 5 aromatic rings. The van der Waals surface area contributed by atoms with Gasteiger partial charge in [-0.2, -0.15) is 5.01 Å². The van der Waals surface area contributed by atoms with Crippen LogP contribution in [0.15, 0.2) is 145 Å². The van der Waals surface area contributed by atoms with Crippen molar-refractivity contribution in [3.8, 4) is 11.5 Å². The van der Waals surface area contributed by atoms with Crippen LogP contribution in [0.3, 0.4) is 0 Å². The zero-order valence-electron chi connectivity index (χ0n) is 32.0. The molecule has 0 aromatic heterocycles. The number of phenols is 1. The smallest absolute Gasteiger partial charge is 0.260 e. The maximum Gasteiger partial charge on any atom is 0.260 e. The maximum atomic E-state index is 15.3. The third kappa shape index (κ3) is 5.95. The minimum Gasteiger partial charge on any atom is -0.504 e. The molecule has 3 N–H and O–H groups in total. The number of aryl methyl sites for hydroxylation is 1. The molecule has 2 aliphatic heterocycles. The predicted octanol–water partition coefficient (Wildman–Crippen LogP) is 8.19. The van der Waals surface area contributed by atoms with Gasteiger partial charge in [0.05, 0.1) is 41.7 Å². The number of hydrazine groups is 1. The average Bonchev–Trinajstić information content (AvgIpc) is 3.63. The zero-order chi connectivity index (χ0) is 40.1. The van der Waals surface area contributed by atoms with E-state index in [2.05, 4.69) is 10.7 Å². The van der Waals surface area contributed by atoms with Gasteiger partial charge in [-0.3, -0.25) is 29.5 Å². The Balaban J connectivity index is 1.13. The topological polar surface area (TPSA) is 128 Å². The van der Waals surface area contributed by atoms with E-state index in [1.165, 1.54) is 12.0 Å². The molecule has 0 unspecified atom stereocenters. The van der Waals surface area contributed by atoms with Crippen LogP contribution in [-0.2, 0) is 24.6 Å². The van der Waals surface area contributed by atoms with Gasteiger partial charge in [0.2, 0.25) is 11.8 Å². The highest BCUT2D eigenvalue weighted by atomic mass is 16.5. The van der Waals surface area contributed by atoms with Crippen LogP contribution in [0, 0.1) is 36.5 Å². The number of nitrogens with zero attached hydrogens (tertiary/aromatic N) is 2. The number of para-hydroxylation sites is 1. The van der Waals surface area contributed by atoms with Crippen molar-refractivity contribution in [2.45, 2.75) is 25.2 Å². The summed E-state index contributed by atoms with van der Waals surface area (Å²) in [6.07, 6.45) is 6.36. The minimum atomic E-state index is -1.38. The maximum absolute atomic E-state index is 15.3. The molecule has 6 atom stereocenters. The highest BCUT2D eigenvalue weighted by molar-refractivity contribution is 6.22. The Morgan fingerprint density at radius 1 is 0.759 bits per heavy atom. The fraction of sp³-hybridized carbons (Fsp3) is 0.208. The van der Waals surface area contributed by atoms with E-state index in [9.17, 15) is 19.5 Å². The Kier molecular flexibility index (Phi) is 9.19. The summed E-state index contributed by atoms with van der Waals surface area (Å²) in [5.74, 6) is -4.48. The number of methoxy groups -OCH3 is 1. The monoisotopic (exact) mass is 770 g/mol. The number of hydrogen-bond donors (Lipinski definition) is 3. The number of benzene rings is 5. The number of phenolic OH excluding ortho intramolecular Hbond substituents is 1. The normalized spacial score (nSPS) is 25.0. The Morgan fingerprint density at radius 3 is 2.14 bits per heavy atom. The summed E-state index contributed by atoms with van der Waals surface area (Å²) in [5.41, 5.74) is 7.84. The van der Waals surface area contributed by atoms with Gasteiger partial charge in [0.1, 0.15) is 0 Å². The van der Waals surface area contributed by atoms with Crippen molar-refractivity contribution in [1.82, 2.24) is 5.01 Å². The third-order valence-electron chi connectivity index (χ3n) is 12.3. The molecular formula is C48H42N4O6. The van der Waals surface area contributed by atoms with Crippen molar-refractivity contribution in [2.75, 3.05) is 22.8 Å². The quantitative estimate of drug-likeness (QED) is 0.101. The van der Waals surface area contributed by atoms with Gasteiger partial charge in [0.25, 0.3) is 11.8 Å². The number of allylic oxidation sites excluding steroid dienone is 3. The number of aromatic hydroxyl groups is 1. The third-order valence-corrected chi connectivity index (χ3v) is 12.3. The number of ether oxygens (including phenoxy) is 1. The van der Waals surface area contributed by atoms with Crippen molar-refractivity contribution in [2.24, 2.45) is 29.6 Å². The molecule has 1 saturated carbocycles. The highest BCUT2D eigenvalue weighted by Crippen LogP contribution is 2.61. The number of imide groups is 2. The lowest BCUT2D eigenvalue weighted by atomic mass is 9.50. The van der Waals surface area contributed by atoms with Crippen LogP contribution in [0.25, 0.3) is 6.08 Å². The van der Waals surface area contributed by atoms with Gasteiger partial charge in [-0.15, -0.1) is 0 Å². The molecule has 290 valence electrons. The Morgan fingerprint density at radius 2 is 1.43 bits per heavy atom. The van der Waals surface area contributed by atoms with E-state index in [1.807, 2.05) is 122 Å². The van der Waals surface area contributed by atoms with Gasteiger partial charge in [-0.25, -0.2) is 0 Å². The van der Waals surface area contributed by atoms with Crippen LogP contribution < -0.4 is 20.4 Å². The fourth-order valence-corrected chi connectivity index (χ4v) is 9.64. The summed E-state index contributed by atoms with van der Waals surface area (Å²) >= 11 is 0. The molecule has 0 bridgehead atoms. The SMILES string of the molecule is COc1cc(C=C[C@H]2C3=CC[C@@H]4C(=O)N(c5ccc(Nc6ccccc6)cc5)C(=O)[C@@H]4[C@@H]3C[C@H]3C(=O)N(Nc4ccc(C)cc4)C(=O)[C@@]23c2ccccc2)ccc1O. The standard InChI is InChI=1S/C48H42N4O6/c1-29-13-17-34(18-14-29)50-52-45(55)40-28-38-36(39(25-15-30-16-26-41(53)42(27-30)58-2)48(40,47(52)57)31-9-5-3-6-10-31)23-24-37-43(38)46(56)51(44(37)54)35-21-19-33(20-22-35)49-32-11-7-4-8-12-32/h3-23,25-27,37-40,43,49-50,53H,24,28H2,1-2H3/t37-,38+,39-,40-,43-,48-/m0/s1. The highest BCUT2D eigenvalue weighted by Gasteiger charge is 2.69. The number of fused-ring (bicyclic) bond motifs is 4. The summed E-state index contributed by atoms with van der Waals surface area (Å²) in [6.45, 7) is 1.96. The second-order valence-electron chi connectivity index (χ2n) is 15.5. The van der Waals surface area contributed by atoms with Crippen molar-refractivity contribution in [3.63, 3.8) is 0 Å². The summed E-state index contributed by atoms with van der Waals surface area (Å²) in [4.78, 5) is 60.5. The zero-order valence-corrected chi connectivity index (χ0v) is 32.0. The summed E-state index contributed by atoms with van der Waals surface area (Å²) in [6, 6.07) is 38.9. The number of rotatable bonds is 9. The van der Waals surface area contributed by atoms with E-state index >= 15 is 4.79 Å². The molecule has 10 nitrogen and oxygen atoms in total. The van der Waals surface area contributed by atoms with Crippen LogP contribution in [-0.4, -0.2) is 40.9 Å². The molecule has 10 heteroatoms. The first-order valence-electron chi connectivity index (χ1n) is 19.5. The largest absolute Gasteiger partial charge is 0.504 e. The van der Waals surface area contributed by atoms with Crippen molar-refractivity contribution < 1.29 is 29.0 Å². The van der Waals surface area contributed by atoms with Gasteiger partial charge < -0.3 is 15.2 Å². The van der Waals surface area contributed by atoms with E-state index in [0.29, 0.717) is 34.7 Å². The van der Waals surface area contributed by atoms with Crippen LogP contribution in [0.4, 0.5) is 22.7 Å². The van der Waals surface area contributed by atoms with Crippen molar-refractivity contribution in [1.29, 1.82) is 0 Å². The van der Waals surface area contributed by atoms with Gasteiger partial charge in [-0.05, 0) is 97.5 Å². The van der Waals surface area contributed by atoms with Crippen molar-refractivity contribution >= 4 is 52.5 Å². The molecular weight excluding hydrogens is 729 g/mol. The molecule has 5 aromatic carbocycles. The van der Waals surface area contributed by atoms with E-state index < -0.39 is 46.8 Å². The predicted molar refractivity (Wildman–Crippen MR) is 222 cm³/mol. The number of nitrogens with one attached hydrogen (secondary N) is 2. The van der Waals surface area contributed by atoms with Gasteiger partial charge in [-0.1, -0.05) is 96.1 Å². The molecule has 0 radical (unpaired) electrons. The number of hydrogen-bond acceptors (Lipinski definition) is 8. The van der Waals surface area contributed by atoms with Crippen molar-refractivity contribution in [3.05, 3.63) is 162 Å². The number of amides is 4. The summed E-state index contributed by atoms with van der Waals surface area (Å²) in [7, 11) is 1.48. The summed E-state index contributed by atoms with van der Waals surface area (Å²) < 4.78 is 5.39. The molecule has 2 saturated heterocycles. The molecule has 2 aliphatic carbocycles. The molecule has 0 spiro atoms. The lowest BCUT2D eigenvalue weighted by Crippen LogP contribution is -2.54. The van der Waals surface area contributed by atoms with E-state index in [4.69, 9.17) is 4.74 Å². The molecule has 4 amide bonds. The first-order valence-corrected chi connectivity index (χ1v) is 19.5. The van der Waals surface area contributed by atoms with Crippen LogP contribution in [0.1, 0.15) is 29.5 Å². The van der Waals surface area contributed by atoms with E-state index in [0.717, 1.165) is 27.5 Å². The first-order chi connectivity index (χ1) is 28.2. The molecule has 58 heavy (non-hydrogen) atoms. The van der Waals surface area contributed by atoms with Gasteiger partial charge in [0, 0.05) is 17.3 Å². The number of carbonyl (C=O) groups excluding carboxylic acids is 4. The molecule has 2 heterocycles. The lowest BCUT2D eigenvalue weighted by Gasteiger charge is -2.49. The second kappa shape index (κ2) is 14.5. The minimum absolute atomic E-state index is 0.00955. The second-order valence-corrected chi connectivity index (χ2v) is 15.5. The molecule has 4 aliphatic rings. The van der Waals surface area contributed by atoms with E-state index in [1.54, 1.807) is 30.3 Å². The molecule has 9 rings (SSSR count).